The summed E-state index contributed by atoms with van der Waals surface area (Å²) in [6, 6.07) is 1.23. The number of ether oxygens (including phenoxy) is 1. The van der Waals surface area contributed by atoms with Crippen molar-refractivity contribution >= 4 is 17.4 Å². The average Bonchev–Trinajstić information content (AvgIpc) is 3.08. The first-order valence-corrected chi connectivity index (χ1v) is 6.66. The summed E-state index contributed by atoms with van der Waals surface area (Å²) in [7, 11) is 0. The van der Waals surface area contributed by atoms with Gasteiger partial charge < -0.3 is 10.1 Å². The Kier molecular flexibility index (Phi) is 3.79. The maximum Gasteiger partial charge on any atom is 0.166 e. The van der Waals surface area contributed by atoms with Gasteiger partial charge in [-0.15, -0.1) is 0 Å². The van der Waals surface area contributed by atoms with Crippen LogP contribution in [0.1, 0.15) is 24.8 Å². The van der Waals surface area contributed by atoms with Crippen LogP contribution in [-0.4, -0.2) is 32.8 Å². The van der Waals surface area contributed by atoms with Crippen molar-refractivity contribution in [2.45, 2.75) is 25.0 Å². The van der Waals surface area contributed by atoms with Gasteiger partial charge in [0.25, 0.3) is 0 Å². The molecule has 20 heavy (non-hydrogen) atoms. The Morgan fingerprint density at radius 3 is 3.10 bits per heavy atom. The summed E-state index contributed by atoms with van der Waals surface area (Å²) in [6.45, 7) is 0.482. The molecule has 0 saturated carbocycles. The number of aromatic amines is 1. The molecule has 2 aromatic heterocycles. The summed E-state index contributed by atoms with van der Waals surface area (Å²) >= 11 is 5.65. The molecular formula is C12H13ClFN5O. The van der Waals surface area contributed by atoms with Gasteiger partial charge in [-0.3, -0.25) is 5.10 Å². The fourth-order valence-corrected chi connectivity index (χ4v) is 2.33. The third kappa shape index (κ3) is 2.88. The second kappa shape index (κ2) is 5.72. The van der Waals surface area contributed by atoms with E-state index in [1.807, 2.05) is 0 Å². The first-order chi connectivity index (χ1) is 9.72. The molecule has 0 radical (unpaired) electrons. The zero-order valence-corrected chi connectivity index (χ0v) is 11.3. The van der Waals surface area contributed by atoms with Crippen LogP contribution in [0.15, 0.2) is 18.6 Å². The number of nitrogens with one attached hydrogen (secondary N) is 2. The van der Waals surface area contributed by atoms with Gasteiger partial charge in [-0.25, -0.2) is 14.4 Å². The third-order valence-corrected chi connectivity index (χ3v) is 3.36. The second-order valence-electron chi connectivity index (χ2n) is 4.56. The molecule has 0 amide bonds. The molecule has 1 fully saturated rings. The number of hydrogen-bond acceptors (Lipinski definition) is 5. The van der Waals surface area contributed by atoms with Gasteiger partial charge in [0, 0.05) is 12.7 Å². The van der Waals surface area contributed by atoms with Crippen LogP contribution in [0.2, 0.25) is 5.02 Å². The molecule has 0 bridgehead atoms. The lowest BCUT2D eigenvalue weighted by Crippen LogP contribution is -2.20. The highest BCUT2D eigenvalue weighted by atomic mass is 35.5. The molecule has 1 aliphatic heterocycles. The number of H-pyrrole nitrogens is 1. The highest BCUT2D eigenvalue weighted by Gasteiger charge is 2.28. The summed E-state index contributed by atoms with van der Waals surface area (Å²) in [5.41, 5.74) is 0. The van der Waals surface area contributed by atoms with E-state index >= 15 is 0 Å². The van der Waals surface area contributed by atoms with Crippen LogP contribution in [0.3, 0.4) is 0 Å². The van der Waals surface area contributed by atoms with E-state index in [0.29, 0.717) is 6.54 Å². The van der Waals surface area contributed by atoms with Crippen molar-refractivity contribution in [3.05, 3.63) is 35.3 Å². The van der Waals surface area contributed by atoms with Gasteiger partial charge in [-0.2, -0.15) is 5.10 Å². The highest BCUT2D eigenvalue weighted by molar-refractivity contribution is 6.30. The minimum absolute atomic E-state index is 0.0121. The van der Waals surface area contributed by atoms with Crippen LogP contribution in [0.4, 0.5) is 10.2 Å². The van der Waals surface area contributed by atoms with Crippen LogP contribution in [0.25, 0.3) is 0 Å². The quantitative estimate of drug-likeness (QED) is 0.906. The van der Waals surface area contributed by atoms with E-state index in [9.17, 15) is 4.39 Å². The van der Waals surface area contributed by atoms with Gasteiger partial charge in [-0.1, -0.05) is 11.6 Å². The average molecular weight is 298 g/mol. The Balaban J connectivity index is 1.55. The predicted molar refractivity (Wildman–Crippen MR) is 70.9 cm³/mol. The minimum atomic E-state index is -0.470. The first-order valence-electron chi connectivity index (χ1n) is 6.28. The monoisotopic (exact) mass is 297 g/mol. The first kappa shape index (κ1) is 13.3. The van der Waals surface area contributed by atoms with E-state index in [-0.39, 0.29) is 23.0 Å². The molecule has 6 nitrogen and oxygen atoms in total. The molecule has 0 unspecified atom stereocenters. The zero-order valence-electron chi connectivity index (χ0n) is 10.5. The number of anilines is 1. The Labute approximate surface area is 119 Å². The van der Waals surface area contributed by atoms with Crippen molar-refractivity contribution in [3.8, 4) is 0 Å². The van der Waals surface area contributed by atoms with Gasteiger partial charge in [0.1, 0.15) is 12.4 Å². The summed E-state index contributed by atoms with van der Waals surface area (Å²) < 4.78 is 19.4. The van der Waals surface area contributed by atoms with Crippen LogP contribution >= 0.6 is 11.6 Å². The predicted octanol–water partition coefficient (Wildman–Crippen LogP) is 2.32. The van der Waals surface area contributed by atoms with Gasteiger partial charge in [0.15, 0.2) is 17.5 Å². The Morgan fingerprint density at radius 1 is 1.45 bits per heavy atom. The molecule has 3 heterocycles. The Morgan fingerprint density at radius 2 is 2.35 bits per heavy atom. The summed E-state index contributed by atoms with van der Waals surface area (Å²) in [5.74, 6) is 0.437. The Hall–Kier alpha value is -1.73. The molecule has 0 spiro atoms. The largest absolute Gasteiger partial charge is 0.365 e. The van der Waals surface area contributed by atoms with Crippen LogP contribution in [0, 0.1) is 5.82 Å². The van der Waals surface area contributed by atoms with E-state index in [2.05, 4.69) is 25.5 Å². The number of hydrogen-bond donors (Lipinski definition) is 2. The van der Waals surface area contributed by atoms with Crippen molar-refractivity contribution in [2.24, 2.45) is 0 Å². The molecule has 3 rings (SSSR count). The van der Waals surface area contributed by atoms with Gasteiger partial charge >= 0.3 is 0 Å². The maximum absolute atomic E-state index is 13.6. The normalized spacial score (nSPS) is 22.1. The second-order valence-corrected chi connectivity index (χ2v) is 5.00. The van der Waals surface area contributed by atoms with Crippen LogP contribution in [0.5, 0.6) is 0 Å². The number of nitrogens with zero attached hydrogens (tertiary/aromatic N) is 3. The molecule has 8 heteroatoms. The maximum atomic E-state index is 13.6. The summed E-state index contributed by atoms with van der Waals surface area (Å²) in [6.07, 6.45) is 4.50. The van der Waals surface area contributed by atoms with Crippen LogP contribution in [-0.2, 0) is 4.74 Å². The van der Waals surface area contributed by atoms with Crippen molar-refractivity contribution in [2.75, 3.05) is 11.9 Å². The lowest BCUT2D eigenvalue weighted by Gasteiger charge is -2.13. The van der Waals surface area contributed by atoms with Gasteiger partial charge in [0.2, 0.25) is 0 Å². The lowest BCUT2D eigenvalue weighted by atomic mass is 10.2. The number of rotatable bonds is 4. The fraction of sp³-hybridized carbons (Fsp3) is 0.417. The smallest absolute Gasteiger partial charge is 0.166 e. The third-order valence-electron chi connectivity index (χ3n) is 3.15. The van der Waals surface area contributed by atoms with E-state index in [1.54, 1.807) is 0 Å². The van der Waals surface area contributed by atoms with E-state index in [0.717, 1.165) is 18.7 Å². The lowest BCUT2D eigenvalue weighted by molar-refractivity contribution is 0.0471. The van der Waals surface area contributed by atoms with Gasteiger partial charge in [0.05, 0.1) is 11.1 Å². The van der Waals surface area contributed by atoms with E-state index < -0.39 is 5.82 Å². The van der Waals surface area contributed by atoms with Crippen molar-refractivity contribution in [1.29, 1.82) is 0 Å². The molecule has 1 aliphatic rings. The molecule has 2 atom stereocenters. The van der Waals surface area contributed by atoms with Crippen molar-refractivity contribution in [1.82, 2.24) is 20.2 Å². The molecule has 1 saturated heterocycles. The van der Waals surface area contributed by atoms with E-state index in [4.69, 9.17) is 16.3 Å². The molecule has 106 valence electrons. The van der Waals surface area contributed by atoms with Crippen molar-refractivity contribution < 1.29 is 9.13 Å². The molecular weight excluding hydrogens is 285 g/mol. The van der Waals surface area contributed by atoms with Gasteiger partial charge in [-0.05, 0) is 18.9 Å². The Bertz CT molecular complexity index is 579. The molecule has 2 N–H and O–H groups in total. The van der Waals surface area contributed by atoms with Crippen molar-refractivity contribution in [3.63, 3.8) is 0 Å². The summed E-state index contributed by atoms with van der Waals surface area (Å²) in [4.78, 5) is 7.98. The zero-order chi connectivity index (χ0) is 13.9. The number of halogens is 2. The number of aromatic nitrogens is 4. The topological polar surface area (TPSA) is 75.7 Å². The molecule has 0 aromatic carbocycles. The highest BCUT2D eigenvalue weighted by Crippen LogP contribution is 2.30. The summed E-state index contributed by atoms with van der Waals surface area (Å²) in [5, 5.41) is 9.80. The van der Waals surface area contributed by atoms with Crippen LogP contribution < -0.4 is 5.32 Å². The molecule has 2 aromatic rings. The number of pyridine rings is 1. The SMILES string of the molecule is Fc1cc(Cl)cnc1NC[C@H]1CC[C@@H](c2ncn[nH]2)O1. The minimum Gasteiger partial charge on any atom is -0.365 e. The standard InChI is InChI=1S/C12H13ClFN5O/c13-7-3-9(14)11(15-4-7)16-5-8-1-2-10(20-8)12-17-6-18-19-12/h3-4,6,8,10H,1-2,5H2,(H,15,16)(H,17,18,19)/t8-,10+/m1/s1. The molecule has 0 aliphatic carbocycles. The fourth-order valence-electron chi connectivity index (χ4n) is 2.18. The van der Waals surface area contributed by atoms with E-state index in [1.165, 1.54) is 18.6 Å².